The van der Waals surface area contributed by atoms with Gasteiger partial charge in [-0.15, -0.1) is 0 Å². The van der Waals surface area contributed by atoms with Crippen molar-refractivity contribution in [1.82, 2.24) is 9.80 Å². The molecule has 1 aliphatic heterocycles. The van der Waals surface area contributed by atoms with Crippen LogP contribution in [0.4, 0.5) is 0 Å². The summed E-state index contributed by atoms with van der Waals surface area (Å²) in [6, 6.07) is 0.783. The van der Waals surface area contributed by atoms with E-state index >= 15 is 0 Å². The summed E-state index contributed by atoms with van der Waals surface area (Å²) in [7, 11) is 1.80. The predicted molar refractivity (Wildman–Crippen MR) is 77.0 cm³/mol. The van der Waals surface area contributed by atoms with Crippen molar-refractivity contribution in [2.45, 2.75) is 26.3 Å². The predicted octanol–water partition coefficient (Wildman–Crippen LogP) is 1.78. The van der Waals surface area contributed by atoms with Crippen LogP contribution in [0.2, 0.25) is 0 Å². The lowest BCUT2D eigenvalue weighted by Gasteiger charge is -2.30. The summed E-state index contributed by atoms with van der Waals surface area (Å²) in [5.74, 6) is 2.64. The third-order valence-corrected chi connectivity index (χ3v) is 4.75. The van der Waals surface area contributed by atoms with Crippen molar-refractivity contribution in [1.29, 1.82) is 0 Å². The molecule has 0 radical (unpaired) electrons. The van der Waals surface area contributed by atoms with Gasteiger partial charge >= 0.3 is 0 Å². The van der Waals surface area contributed by atoms with Gasteiger partial charge in [0.1, 0.15) is 0 Å². The van der Waals surface area contributed by atoms with Crippen LogP contribution in [0.1, 0.15) is 20.3 Å². The second kappa shape index (κ2) is 9.20. The fraction of sp³-hybridized carbons (Fsp3) is 1.00. The van der Waals surface area contributed by atoms with E-state index < -0.39 is 0 Å². The molecular formula is C13H28N2OS. The summed E-state index contributed by atoms with van der Waals surface area (Å²) in [5.41, 5.74) is 0. The molecule has 4 heteroatoms. The van der Waals surface area contributed by atoms with Gasteiger partial charge in [-0.05, 0) is 25.3 Å². The van der Waals surface area contributed by atoms with Gasteiger partial charge in [-0.25, -0.2) is 0 Å². The van der Waals surface area contributed by atoms with E-state index in [-0.39, 0.29) is 0 Å². The maximum absolute atomic E-state index is 5.23. The third kappa shape index (κ3) is 5.60. The second-order valence-corrected chi connectivity index (χ2v) is 5.72. The monoisotopic (exact) mass is 260 g/mol. The molecule has 0 spiro atoms. The van der Waals surface area contributed by atoms with Crippen molar-refractivity contribution in [3.05, 3.63) is 0 Å². The number of hydrogen-bond donors (Lipinski definition) is 0. The molecule has 0 saturated carbocycles. The molecule has 0 aromatic heterocycles. The Morgan fingerprint density at radius 2 is 1.94 bits per heavy atom. The van der Waals surface area contributed by atoms with E-state index in [1.54, 1.807) is 7.11 Å². The van der Waals surface area contributed by atoms with Crippen LogP contribution < -0.4 is 0 Å². The summed E-state index contributed by atoms with van der Waals surface area (Å²) in [5, 5.41) is 0. The largest absolute Gasteiger partial charge is 0.383 e. The van der Waals surface area contributed by atoms with Crippen LogP contribution >= 0.6 is 11.8 Å². The first-order valence-corrected chi connectivity index (χ1v) is 8.00. The highest BCUT2D eigenvalue weighted by Crippen LogP contribution is 2.22. The Morgan fingerprint density at radius 3 is 2.47 bits per heavy atom. The Balaban J connectivity index is 2.33. The molecule has 0 aromatic rings. The van der Waals surface area contributed by atoms with Gasteiger partial charge in [-0.3, -0.25) is 4.90 Å². The molecule has 0 amide bonds. The molecule has 1 unspecified atom stereocenters. The highest BCUT2D eigenvalue weighted by Gasteiger charge is 2.22. The lowest BCUT2D eigenvalue weighted by molar-refractivity contribution is 0.115. The molecule has 1 saturated heterocycles. The number of hydrogen-bond acceptors (Lipinski definition) is 4. The molecule has 0 bridgehead atoms. The zero-order valence-corrected chi connectivity index (χ0v) is 12.5. The third-order valence-electron chi connectivity index (χ3n) is 3.60. The van der Waals surface area contributed by atoms with Crippen LogP contribution in [0.5, 0.6) is 0 Å². The Labute approximate surface area is 111 Å². The highest BCUT2D eigenvalue weighted by atomic mass is 32.2. The highest BCUT2D eigenvalue weighted by molar-refractivity contribution is 7.99. The van der Waals surface area contributed by atoms with Crippen molar-refractivity contribution in [3.63, 3.8) is 0 Å². The number of thioether (sulfide) groups is 1. The Bertz CT molecular complexity index is 182. The van der Waals surface area contributed by atoms with Gasteiger partial charge in [-0.2, -0.15) is 11.8 Å². The van der Waals surface area contributed by atoms with E-state index in [0.717, 1.165) is 32.3 Å². The molecule has 102 valence electrons. The first-order valence-electron chi connectivity index (χ1n) is 6.84. The van der Waals surface area contributed by atoms with Crippen LogP contribution in [0.15, 0.2) is 0 Å². The standard InChI is InChI=1S/C13H28N2OS/c1-4-14(5-2)7-8-15(9-10-16-3)13-6-11-17-12-13/h13H,4-12H2,1-3H3. The Hall–Kier alpha value is 0.230. The van der Waals surface area contributed by atoms with Crippen molar-refractivity contribution >= 4 is 11.8 Å². The number of rotatable bonds is 9. The summed E-state index contributed by atoms with van der Waals surface area (Å²) in [4.78, 5) is 5.13. The van der Waals surface area contributed by atoms with Crippen LogP contribution in [-0.2, 0) is 4.74 Å². The van der Waals surface area contributed by atoms with Crippen LogP contribution in [0.25, 0.3) is 0 Å². The molecule has 1 rings (SSSR count). The van der Waals surface area contributed by atoms with E-state index in [0.29, 0.717) is 0 Å². The topological polar surface area (TPSA) is 15.7 Å². The van der Waals surface area contributed by atoms with Gasteiger partial charge in [0.05, 0.1) is 6.61 Å². The fourth-order valence-corrected chi connectivity index (χ4v) is 3.56. The minimum absolute atomic E-state index is 0.783. The second-order valence-electron chi connectivity index (χ2n) is 4.57. The van der Waals surface area contributed by atoms with E-state index in [1.807, 2.05) is 0 Å². The zero-order chi connectivity index (χ0) is 12.5. The maximum atomic E-state index is 5.23. The lowest BCUT2D eigenvalue weighted by Crippen LogP contribution is -2.42. The molecule has 1 fully saturated rings. The van der Waals surface area contributed by atoms with E-state index in [9.17, 15) is 0 Å². The van der Waals surface area contributed by atoms with Crippen molar-refractivity contribution < 1.29 is 4.74 Å². The lowest BCUT2D eigenvalue weighted by atomic mass is 10.2. The van der Waals surface area contributed by atoms with Crippen molar-refractivity contribution in [3.8, 4) is 0 Å². The van der Waals surface area contributed by atoms with Crippen LogP contribution in [0, 0.1) is 0 Å². The number of nitrogens with zero attached hydrogens (tertiary/aromatic N) is 2. The SMILES string of the molecule is CCN(CC)CCN(CCOC)C1CCSC1. The minimum Gasteiger partial charge on any atom is -0.383 e. The molecule has 3 nitrogen and oxygen atoms in total. The molecule has 1 heterocycles. The molecule has 17 heavy (non-hydrogen) atoms. The molecule has 0 aromatic carbocycles. The van der Waals surface area contributed by atoms with Gasteiger partial charge in [-0.1, -0.05) is 13.8 Å². The van der Waals surface area contributed by atoms with E-state index in [4.69, 9.17) is 4.74 Å². The number of ether oxygens (including phenoxy) is 1. The van der Waals surface area contributed by atoms with Gasteiger partial charge in [0.25, 0.3) is 0 Å². The molecule has 0 aliphatic carbocycles. The van der Waals surface area contributed by atoms with Crippen molar-refractivity contribution in [2.24, 2.45) is 0 Å². The zero-order valence-electron chi connectivity index (χ0n) is 11.7. The van der Waals surface area contributed by atoms with Gasteiger partial charge in [0, 0.05) is 38.5 Å². The van der Waals surface area contributed by atoms with Gasteiger partial charge < -0.3 is 9.64 Å². The van der Waals surface area contributed by atoms with Crippen molar-refractivity contribution in [2.75, 3.05) is 57.9 Å². The van der Waals surface area contributed by atoms with Crippen LogP contribution in [-0.4, -0.2) is 73.8 Å². The van der Waals surface area contributed by atoms with Gasteiger partial charge in [0.15, 0.2) is 0 Å². The first kappa shape index (κ1) is 15.3. The summed E-state index contributed by atoms with van der Waals surface area (Å²) in [6.45, 7) is 11.1. The van der Waals surface area contributed by atoms with Crippen LogP contribution in [0.3, 0.4) is 0 Å². The van der Waals surface area contributed by atoms with E-state index in [1.165, 1.54) is 31.0 Å². The molecule has 0 N–H and O–H groups in total. The summed E-state index contributed by atoms with van der Waals surface area (Å²) < 4.78 is 5.23. The minimum atomic E-state index is 0.783. The Kier molecular flexibility index (Phi) is 8.27. The normalized spacial score (nSPS) is 20.6. The molecular weight excluding hydrogens is 232 g/mol. The fourth-order valence-electron chi connectivity index (χ4n) is 2.31. The Morgan fingerprint density at radius 1 is 1.18 bits per heavy atom. The quantitative estimate of drug-likeness (QED) is 0.628. The average Bonchev–Trinajstić information content (AvgIpc) is 2.87. The maximum Gasteiger partial charge on any atom is 0.0589 e. The summed E-state index contributed by atoms with van der Waals surface area (Å²) >= 11 is 2.09. The number of likely N-dealkylation sites (N-methyl/N-ethyl adjacent to an activating group) is 1. The molecule has 1 aliphatic rings. The van der Waals surface area contributed by atoms with E-state index in [2.05, 4.69) is 35.4 Å². The molecule has 1 atom stereocenters. The number of methoxy groups -OCH3 is 1. The van der Waals surface area contributed by atoms with Gasteiger partial charge in [0.2, 0.25) is 0 Å². The average molecular weight is 260 g/mol. The first-order chi connectivity index (χ1) is 8.31. The smallest absolute Gasteiger partial charge is 0.0589 e. The summed E-state index contributed by atoms with van der Waals surface area (Å²) in [6.07, 6.45) is 1.35.